The molecular weight excluding hydrogens is 379 g/mol. The van der Waals surface area contributed by atoms with E-state index in [9.17, 15) is 25.2 Å². The van der Waals surface area contributed by atoms with Crippen LogP contribution in [0.2, 0.25) is 0 Å². The molecule has 2 aromatic heterocycles. The molecule has 0 aliphatic heterocycles. The van der Waals surface area contributed by atoms with Gasteiger partial charge in [-0.1, -0.05) is 30.3 Å². The van der Waals surface area contributed by atoms with E-state index in [2.05, 4.69) is 27.0 Å². The molecule has 2 heterocycles. The smallest absolute Gasteiger partial charge is 0.247 e. The van der Waals surface area contributed by atoms with E-state index in [4.69, 9.17) is 0 Å². The van der Waals surface area contributed by atoms with Gasteiger partial charge in [0.25, 0.3) is 5.82 Å². The van der Waals surface area contributed by atoms with Crippen LogP contribution in [0.3, 0.4) is 0 Å². The minimum Gasteiger partial charge on any atom is -0.247 e. The Morgan fingerprint density at radius 1 is 0.731 bits per heavy atom. The predicted octanol–water partition coefficient (Wildman–Crippen LogP) is 6.75. The second-order valence-corrected chi connectivity index (χ2v) is 6.98. The molecule has 0 amide bonds. The quantitative estimate of drug-likeness (QED) is 0.364. The minimum absolute atomic E-state index is 0.885. The molecule has 3 aromatic rings. The molecule has 1 aromatic carbocycles. The summed E-state index contributed by atoms with van der Waals surface area (Å²) in [6.45, 7) is 0. The van der Waals surface area contributed by atoms with Gasteiger partial charge in [-0.05, 0) is 24.3 Å². The van der Waals surface area contributed by atoms with Crippen molar-refractivity contribution >= 4 is 25.1 Å². The SMILES string of the molecule is F[P-](F)(F)(F)(F)F.c1ccc(N(c2ccccn2)c2cccc[nH+]2)cc1. The molecule has 0 bridgehead atoms. The van der Waals surface area contributed by atoms with Gasteiger partial charge in [0, 0.05) is 18.3 Å². The van der Waals surface area contributed by atoms with Crippen LogP contribution in [0.5, 0.6) is 0 Å². The third kappa shape index (κ3) is 7.94. The van der Waals surface area contributed by atoms with E-state index in [1.165, 1.54) is 0 Å². The molecule has 26 heavy (non-hydrogen) atoms. The topological polar surface area (TPSA) is 30.3 Å². The van der Waals surface area contributed by atoms with Gasteiger partial charge in [-0.2, -0.15) is 4.90 Å². The average molecular weight is 393 g/mol. The van der Waals surface area contributed by atoms with Gasteiger partial charge in [0.2, 0.25) is 5.82 Å². The zero-order valence-corrected chi connectivity index (χ0v) is 14.0. The zero-order chi connectivity index (χ0) is 19.3. The van der Waals surface area contributed by atoms with Crippen molar-refractivity contribution in [2.24, 2.45) is 0 Å². The second-order valence-electron chi connectivity index (χ2n) is 5.07. The number of para-hydroxylation sites is 1. The molecule has 0 aliphatic rings. The first-order valence-corrected chi connectivity index (χ1v) is 9.22. The van der Waals surface area contributed by atoms with Gasteiger partial charge in [-0.3, -0.25) is 0 Å². The molecule has 0 atom stereocenters. The number of rotatable bonds is 3. The Labute approximate surface area is 145 Å². The summed E-state index contributed by atoms with van der Waals surface area (Å²) in [7, 11) is -10.7. The normalized spacial score (nSPS) is 13.6. The summed E-state index contributed by atoms with van der Waals surface area (Å²) >= 11 is 0. The maximum Gasteiger partial charge on any atom is 0.285 e. The number of pyridine rings is 2. The Hall–Kier alpha value is -2.67. The van der Waals surface area contributed by atoms with E-state index in [1.807, 2.05) is 60.8 Å². The van der Waals surface area contributed by atoms with Crippen LogP contribution in [-0.4, -0.2) is 4.98 Å². The first-order valence-electron chi connectivity index (χ1n) is 7.19. The van der Waals surface area contributed by atoms with Gasteiger partial charge < -0.3 is 0 Å². The second kappa shape index (κ2) is 6.57. The summed E-state index contributed by atoms with van der Waals surface area (Å²) in [6.07, 6.45) is 3.71. The third-order valence-electron chi connectivity index (χ3n) is 2.83. The van der Waals surface area contributed by atoms with Crippen LogP contribution < -0.4 is 9.88 Å². The Bertz CT molecular complexity index is 722. The number of benzene rings is 1. The molecule has 0 aliphatic carbocycles. The fourth-order valence-electron chi connectivity index (χ4n) is 1.98. The van der Waals surface area contributed by atoms with Gasteiger partial charge in [-0.25, -0.2) is 9.97 Å². The van der Waals surface area contributed by atoms with Gasteiger partial charge in [0.1, 0.15) is 5.69 Å². The average Bonchev–Trinajstić information content (AvgIpc) is 2.55. The summed E-state index contributed by atoms with van der Waals surface area (Å²) in [5.41, 5.74) is 1.07. The van der Waals surface area contributed by atoms with Crippen molar-refractivity contribution in [3.8, 4) is 0 Å². The fraction of sp³-hybridized carbons (Fsp3) is 0. The van der Waals surface area contributed by atoms with E-state index in [-0.39, 0.29) is 0 Å². The zero-order valence-electron chi connectivity index (χ0n) is 13.1. The van der Waals surface area contributed by atoms with Crippen LogP contribution in [0.4, 0.5) is 42.5 Å². The van der Waals surface area contributed by atoms with Crippen molar-refractivity contribution in [1.82, 2.24) is 4.98 Å². The van der Waals surface area contributed by atoms with Gasteiger partial charge in [0.05, 0.1) is 6.20 Å². The Kier molecular flexibility index (Phi) is 4.96. The molecule has 140 valence electrons. The van der Waals surface area contributed by atoms with Crippen molar-refractivity contribution in [3.05, 3.63) is 79.1 Å². The number of halogens is 6. The summed E-state index contributed by atoms with van der Waals surface area (Å²) < 4.78 is 59.2. The molecular formula is C16H14F6N3P. The molecule has 0 saturated heterocycles. The van der Waals surface area contributed by atoms with E-state index in [0.717, 1.165) is 17.3 Å². The van der Waals surface area contributed by atoms with Crippen LogP contribution in [0.15, 0.2) is 79.1 Å². The van der Waals surface area contributed by atoms with Crippen molar-refractivity contribution < 1.29 is 30.2 Å². The largest absolute Gasteiger partial charge is 0.285 e. The number of nitrogens with zero attached hydrogens (tertiary/aromatic N) is 2. The molecule has 0 unspecified atom stereocenters. The minimum atomic E-state index is -10.7. The van der Waals surface area contributed by atoms with E-state index < -0.39 is 7.81 Å². The van der Waals surface area contributed by atoms with E-state index in [0.29, 0.717) is 0 Å². The van der Waals surface area contributed by atoms with Gasteiger partial charge in [-0.15, -0.1) is 0 Å². The number of anilines is 3. The summed E-state index contributed by atoms with van der Waals surface area (Å²) in [4.78, 5) is 9.77. The number of aromatic amines is 1. The first kappa shape index (κ1) is 19.7. The Balaban J connectivity index is 0.000000298. The van der Waals surface area contributed by atoms with Crippen LogP contribution >= 0.6 is 7.81 Å². The van der Waals surface area contributed by atoms with Gasteiger partial charge in [0.15, 0.2) is 0 Å². The molecule has 3 nitrogen and oxygen atoms in total. The van der Waals surface area contributed by atoms with Crippen LogP contribution in [-0.2, 0) is 0 Å². The number of hydrogen-bond acceptors (Lipinski definition) is 2. The summed E-state index contributed by atoms with van der Waals surface area (Å²) in [6, 6.07) is 22.1. The summed E-state index contributed by atoms with van der Waals surface area (Å²) in [5.74, 6) is 1.86. The van der Waals surface area contributed by atoms with Crippen LogP contribution in [0.25, 0.3) is 0 Å². The van der Waals surface area contributed by atoms with Crippen molar-refractivity contribution in [2.45, 2.75) is 0 Å². The number of hydrogen-bond donors (Lipinski definition) is 0. The third-order valence-corrected chi connectivity index (χ3v) is 2.83. The first-order chi connectivity index (χ1) is 11.9. The maximum atomic E-state index is 9.87. The van der Waals surface area contributed by atoms with Crippen LogP contribution in [0.1, 0.15) is 0 Å². The Morgan fingerprint density at radius 2 is 1.31 bits per heavy atom. The predicted molar refractivity (Wildman–Crippen MR) is 89.0 cm³/mol. The summed E-state index contributed by atoms with van der Waals surface area (Å²) in [5, 5.41) is 0. The molecule has 3 rings (SSSR count). The van der Waals surface area contributed by atoms with Crippen LogP contribution in [0, 0.1) is 0 Å². The fourth-order valence-corrected chi connectivity index (χ4v) is 1.98. The molecule has 10 heteroatoms. The van der Waals surface area contributed by atoms with E-state index >= 15 is 0 Å². The number of nitrogens with one attached hydrogen (secondary N) is 1. The maximum absolute atomic E-state index is 10.7. The molecule has 0 saturated carbocycles. The van der Waals surface area contributed by atoms with Crippen molar-refractivity contribution in [3.63, 3.8) is 0 Å². The monoisotopic (exact) mass is 393 g/mol. The van der Waals surface area contributed by atoms with Crippen molar-refractivity contribution in [1.29, 1.82) is 0 Å². The molecule has 0 radical (unpaired) electrons. The molecule has 0 fully saturated rings. The van der Waals surface area contributed by atoms with Gasteiger partial charge >= 0.3 is 33.0 Å². The standard InChI is InChI=1S/C16H13N3.F6P/c1-2-8-14(9-3-1)19(15-10-4-6-12-17-15)16-11-5-7-13-18-16;1-7(2,3,4,5)6/h1-13H;/q;-1/p+1. The van der Waals surface area contributed by atoms with Crippen molar-refractivity contribution in [2.75, 3.05) is 4.90 Å². The number of aromatic nitrogens is 2. The number of H-pyrrole nitrogens is 1. The molecule has 1 N–H and O–H groups in total. The Morgan fingerprint density at radius 3 is 1.81 bits per heavy atom. The van der Waals surface area contributed by atoms with E-state index in [1.54, 1.807) is 6.20 Å². The molecule has 0 spiro atoms.